The molecule has 0 saturated carbocycles. The summed E-state index contributed by atoms with van der Waals surface area (Å²) in [5.41, 5.74) is 9.09. The zero-order valence-corrected chi connectivity index (χ0v) is 15.4. The minimum Gasteiger partial charge on any atom is -0.345 e. The molecule has 1 aromatic carbocycles. The van der Waals surface area contributed by atoms with Gasteiger partial charge < -0.3 is 10.7 Å². The van der Waals surface area contributed by atoms with Gasteiger partial charge in [-0.15, -0.1) is 0 Å². The molecule has 0 amide bonds. The van der Waals surface area contributed by atoms with Crippen molar-refractivity contribution in [1.29, 1.82) is 0 Å². The van der Waals surface area contributed by atoms with Crippen LogP contribution in [0.2, 0.25) is 0 Å². The molecule has 0 aliphatic rings. The van der Waals surface area contributed by atoms with Gasteiger partial charge in [-0.1, -0.05) is 62.2 Å². The van der Waals surface area contributed by atoms with Crippen molar-refractivity contribution in [3.8, 4) is 0 Å². The molecule has 0 bridgehead atoms. The van der Waals surface area contributed by atoms with E-state index in [9.17, 15) is 0 Å². The Morgan fingerprint density at radius 1 is 1.27 bits per heavy atom. The molecule has 0 fully saturated rings. The average molecular weight is 364 g/mol. The standard InChI is InChI=1S/C18H26BrN3/c1-5-18(3,4)10-15-11-21-17(22-15)16(20)12(2)13-6-8-14(19)9-7-13/h6-9,11-12,16H,5,10,20H2,1-4H3,(H,21,22). The lowest BCUT2D eigenvalue weighted by molar-refractivity contribution is 0.345. The Hall–Kier alpha value is -1.13. The Balaban J connectivity index is 2.11. The van der Waals surface area contributed by atoms with Gasteiger partial charge in [0.25, 0.3) is 0 Å². The topological polar surface area (TPSA) is 54.7 Å². The molecule has 0 aliphatic carbocycles. The van der Waals surface area contributed by atoms with E-state index in [1.54, 1.807) is 0 Å². The van der Waals surface area contributed by atoms with Crippen molar-refractivity contribution in [3.63, 3.8) is 0 Å². The molecule has 0 spiro atoms. The number of benzene rings is 1. The summed E-state index contributed by atoms with van der Waals surface area (Å²) in [4.78, 5) is 7.93. The van der Waals surface area contributed by atoms with Crippen LogP contribution in [-0.4, -0.2) is 9.97 Å². The van der Waals surface area contributed by atoms with Crippen molar-refractivity contribution in [2.24, 2.45) is 11.1 Å². The molecular formula is C18H26BrN3. The first-order valence-electron chi connectivity index (χ1n) is 7.87. The molecule has 2 aromatic rings. The van der Waals surface area contributed by atoms with E-state index in [-0.39, 0.29) is 17.4 Å². The molecule has 1 aromatic heterocycles. The fourth-order valence-electron chi connectivity index (χ4n) is 2.49. The van der Waals surface area contributed by atoms with Gasteiger partial charge in [0.05, 0.1) is 6.04 Å². The number of aromatic nitrogens is 2. The van der Waals surface area contributed by atoms with E-state index in [0.29, 0.717) is 0 Å². The van der Waals surface area contributed by atoms with Crippen molar-refractivity contribution >= 4 is 15.9 Å². The molecule has 3 N–H and O–H groups in total. The first-order valence-corrected chi connectivity index (χ1v) is 8.66. The van der Waals surface area contributed by atoms with Gasteiger partial charge in [0, 0.05) is 22.3 Å². The zero-order chi connectivity index (χ0) is 16.3. The SMILES string of the molecule is CCC(C)(C)Cc1cnc(C(N)C(C)c2ccc(Br)cc2)[nH]1. The lowest BCUT2D eigenvalue weighted by atomic mass is 9.85. The maximum absolute atomic E-state index is 6.41. The molecule has 2 atom stereocenters. The van der Waals surface area contributed by atoms with Crippen molar-refractivity contribution in [3.05, 3.63) is 52.0 Å². The molecule has 0 saturated heterocycles. The number of rotatable bonds is 6. The van der Waals surface area contributed by atoms with Crippen molar-refractivity contribution in [2.75, 3.05) is 0 Å². The van der Waals surface area contributed by atoms with E-state index < -0.39 is 0 Å². The fraction of sp³-hybridized carbons (Fsp3) is 0.500. The van der Waals surface area contributed by atoms with Crippen LogP contribution >= 0.6 is 15.9 Å². The minimum absolute atomic E-state index is 0.125. The summed E-state index contributed by atoms with van der Waals surface area (Å²) in [6.07, 6.45) is 4.07. The first-order chi connectivity index (χ1) is 10.3. The molecule has 120 valence electrons. The molecule has 3 nitrogen and oxygen atoms in total. The molecule has 22 heavy (non-hydrogen) atoms. The van der Waals surface area contributed by atoms with Crippen LogP contribution < -0.4 is 5.73 Å². The Bertz CT molecular complexity index is 601. The summed E-state index contributed by atoms with van der Waals surface area (Å²) in [6.45, 7) is 8.92. The van der Waals surface area contributed by atoms with Crippen molar-refractivity contribution in [2.45, 2.75) is 52.5 Å². The van der Waals surface area contributed by atoms with Gasteiger partial charge in [-0.25, -0.2) is 4.98 Å². The minimum atomic E-state index is -0.125. The third-order valence-corrected chi connectivity index (χ3v) is 5.05. The number of nitrogens with two attached hydrogens (primary N) is 1. The normalized spacial score (nSPS) is 14.8. The van der Waals surface area contributed by atoms with E-state index in [1.807, 2.05) is 6.20 Å². The number of hydrogen-bond acceptors (Lipinski definition) is 2. The predicted molar refractivity (Wildman–Crippen MR) is 95.8 cm³/mol. The Morgan fingerprint density at radius 2 is 1.91 bits per heavy atom. The number of imidazole rings is 1. The van der Waals surface area contributed by atoms with Crippen LogP contribution in [0.25, 0.3) is 0 Å². The maximum Gasteiger partial charge on any atom is 0.123 e. The van der Waals surface area contributed by atoms with E-state index in [2.05, 4.69) is 77.9 Å². The maximum atomic E-state index is 6.41. The van der Waals surface area contributed by atoms with Crippen LogP contribution in [0.4, 0.5) is 0 Å². The Morgan fingerprint density at radius 3 is 2.50 bits per heavy atom. The quantitative estimate of drug-likeness (QED) is 0.762. The van der Waals surface area contributed by atoms with Crippen LogP contribution in [-0.2, 0) is 6.42 Å². The van der Waals surface area contributed by atoms with Gasteiger partial charge in [-0.05, 0) is 29.5 Å². The van der Waals surface area contributed by atoms with E-state index in [4.69, 9.17) is 5.73 Å². The number of H-pyrrole nitrogens is 1. The van der Waals surface area contributed by atoms with Crippen molar-refractivity contribution < 1.29 is 0 Å². The van der Waals surface area contributed by atoms with Crippen LogP contribution in [0.5, 0.6) is 0 Å². The smallest absolute Gasteiger partial charge is 0.123 e. The fourth-order valence-corrected chi connectivity index (χ4v) is 2.75. The van der Waals surface area contributed by atoms with Gasteiger partial charge >= 0.3 is 0 Å². The molecule has 4 heteroatoms. The van der Waals surface area contributed by atoms with Gasteiger partial charge in [0.1, 0.15) is 5.82 Å². The van der Waals surface area contributed by atoms with Crippen LogP contribution in [0, 0.1) is 5.41 Å². The summed E-state index contributed by atoms with van der Waals surface area (Å²) in [5.74, 6) is 1.09. The van der Waals surface area contributed by atoms with Gasteiger partial charge in [-0.3, -0.25) is 0 Å². The lowest BCUT2D eigenvalue weighted by Crippen LogP contribution is -2.19. The monoisotopic (exact) mass is 363 g/mol. The van der Waals surface area contributed by atoms with Crippen LogP contribution in [0.15, 0.2) is 34.9 Å². The second-order valence-electron chi connectivity index (χ2n) is 6.85. The molecule has 0 radical (unpaired) electrons. The number of halogens is 1. The summed E-state index contributed by atoms with van der Waals surface area (Å²) < 4.78 is 1.08. The van der Waals surface area contributed by atoms with Gasteiger partial charge in [0.2, 0.25) is 0 Å². The lowest BCUT2D eigenvalue weighted by Gasteiger charge is -2.21. The highest BCUT2D eigenvalue weighted by Gasteiger charge is 2.22. The number of nitrogens with one attached hydrogen (secondary N) is 1. The zero-order valence-electron chi connectivity index (χ0n) is 13.9. The van der Waals surface area contributed by atoms with Gasteiger partial charge in [0.15, 0.2) is 0 Å². The Kier molecular flexibility index (Phi) is 5.45. The summed E-state index contributed by atoms with van der Waals surface area (Å²) in [7, 11) is 0. The molecule has 2 rings (SSSR count). The third-order valence-electron chi connectivity index (χ3n) is 4.52. The number of nitrogens with zero attached hydrogens (tertiary/aromatic N) is 1. The highest BCUT2D eigenvalue weighted by Crippen LogP contribution is 2.29. The average Bonchev–Trinajstić information content (AvgIpc) is 2.94. The summed E-state index contributed by atoms with van der Waals surface area (Å²) in [6, 6.07) is 8.20. The van der Waals surface area contributed by atoms with Crippen molar-refractivity contribution in [1.82, 2.24) is 9.97 Å². The largest absolute Gasteiger partial charge is 0.345 e. The third kappa shape index (κ3) is 4.20. The number of aromatic amines is 1. The molecular weight excluding hydrogens is 338 g/mol. The highest BCUT2D eigenvalue weighted by atomic mass is 79.9. The predicted octanol–water partition coefficient (Wildman–Crippen LogP) is 4.95. The Labute approximate surface area is 141 Å². The second kappa shape index (κ2) is 6.97. The molecule has 2 unspecified atom stereocenters. The second-order valence-corrected chi connectivity index (χ2v) is 7.77. The van der Waals surface area contributed by atoms with E-state index in [0.717, 1.165) is 23.1 Å². The first kappa shape index (κ1) is 17.2. The number of hydrogen-bond donors (Lipinski definition) is 2. The van der Waals surface area contributed by atoms with E-state index >= 15 is 0 Å². The van der Waals surface area contributed by atoms with Gasteiger partial charge in [-0.2, -0.15) is 0 Å². The molecule has 1 heterocycles. The summed E-state index contributed by atoms with van der Waals surface area (Å²) in [5, 5.41) is 0. The van der Waals surface area contributed by atoms with E-state index in [1.165, 1.54) is 11.3 Å². The highest BCUT2D eigenvalue weighted by molar-refractivity contribution is 9.10. The van der Waals surface area contributed by atoms with Crippen LogP contribution in [0.1, 0.15) is 63.2 Å². The molecule has 0 aliphatic heterocycles. The summed E-state index contributed by atoms with van der Waals surface area (Å²) >= 11 is 3.46. The van der Waals surface area contributed by atoms with Crippen LogP contribution in [0.3, 0.4) is 0 Å².